The van der Waals surface area contributed by atoms with Crippen LogP contribution in [0, 0.1) is 6.92 Å². The molecule has 7 nitrogen and oxygen atoms in total. The van der Waals surface area contributed by atoms with Crippen LogP contribution in [0.1, 0.15) is 32.2 Å². The fourth-order valence-corrected chi connectivity index (χ4v) is 3.52. The third kappa shape index (κ3) is 4.88. The van der Waals surface area contributed by atoms with Crippen LogP contribution in [0.3, 0.4) is 0 Å². The van der Waals surface area contributed by atoms with Gasteiger partial charge in [-0.2, -0.15) is 10.2 Å². The molecule has 0 aliphatic carbocycles. The summed E-state index contributed by atoms with van der Waals surface area (Å²) in [6, 6.07) is 17.6. The molecule has 0 aliphatic heterocycles. The number of nitrogens with zero attached hydrogens (tertiary/aromatic N) is 4. The molecule has 0 unspecified atom stereocenters. The average molecular weight is 438 g/mol. The van der Waals surface area contributed by atoms with E-state index in [-0.39, 0.29) is 0 Å². The van der Waals surface area contributed by atoms with E-state index in [9.17, 15) is 4.79 Å². The highest BCUT2D eigenvalue weighted by atomic mass is 35.5. The van der Waals surface area contributed by atoms with Crippen molar-refractivity contribution in [3.05, 3.63) is 71.0 Å². The third-order valence-corrected chi connectivity index (χ3v) is 4.81. The van der Waals surface area contributed by atoms with Gasteiger partial charge in [-0.05, 0) is 45.9 Å². The van der Waals surface area contributed by atoms with E-state index in [4.69, 9.17) is 21.4 Å². The maximum atomic E-state index is 12.0. The Morgan fingerprint density at radius 3 is 2.55 bits per heavy atom. The number of fused-ring (bicyclic) bond motifs is 1. The number of hydrogen-bond acceptors (Lipinski definition) is 4. The monoisotopic (exact) mass is 437 g/mol. The topological polar surface area (TPSA) is 73.4 Å². The molecule has 8 heteroatoms. The minimum Gasteiger partial charge on any atom is -0.444 e. The first-order valence-corrected chi connectivity index (χ1v) is 10.3. The Kier molecular flexibility index (Phi) is 5.45. The van der Waals surface area contributed by atoms with E-state index < -0.39 is 11.7 Å². The largest absolute Gasteiger partial charge is 0.444 e. The summed E-state index contributed by atoms with van der Waals surface area (Å²) in [5.74, 6) is 0.426. The van der Waals surface area contributed by atoms with Crippen molar-refractivity contribution in [3.63, 3.8) is 0 Å². The number of carbonyl (C=O) groups is 1. The van der Waals surface area contributed by atoms with Gasteiger partial charge in [0.25, 0.3) is 0 Å². The lowest BCUT2D eigenvalue weighted by Gasteiger charge is -2.19. The van der Waals surface area contributed by atoms with Crippen LogP contribution in [0.2, 0.25) is 5.02 Å². The molecule has 160 valence electrons. The lowest BCUT2D eigenvalue weighted by molar-refractivity contribution is 0.0635. The van der Waals surface area contributed by atoms with Gasteiger partial charge in [-0.1, -0.05) is 41.9 Å². The van der Waals surface area contributed by atoms with Crippen LogP contribution in [0.4, 0.5) is 10.6 Å². The van der Waals surface area contributed by atoms with Gasteiger partial charge >= 0.3 is 6.09 Å². The van der Waals surface area contributed by atoms with Crippen LogP contribution >= 0.6 is 11.6 Å². The van der Waals surface area contributed by atoms with Crippen molar-refractivity contribution in [2.75, 3.05) is 5.32 Å². The molecule has 1 N–H and O–H groups in total. The van der Waals surface area contributed by atoms with Gasteiger partial charge in [0.2, 0.25) is 0 Å². The van der Waals surface area contributed by atoms with Gasteiger partial charge in [-0.25, -0.2) is 9.31 Å². The zero-order chi connectivity index (χ0) is 22.2. The number of carbonyl (C=O) groups excluding carboxylic acids is 1. The molecule has 1 amide bonds. The Labute approximate surface area is 185 Å². The second-order valence-electron chi connectivity index (χ2n) is 8.35. The standard InChI is InChI=1S/C23H24ClN5O2/c1-15-10-21(25-22(30)31-23(2,3)4)27-28(15)14-19-12-17(24)11-18-13-20(26-29(18)19)16-8-6-5-7-9-16/h5-13H,14H2,1-4H3,(H,25,27,30). The number of benzene rings is 1. The second kappa shape index (κ2) is 8.07. The Morgan fingerprint density at radius 2 is 1.84 bits per heavy atom. The number of anilines is 1. The van der Waals surface area contributed by atoms with Crippen LogP contribution in [-0.4, -0.2) is 31.1 Å². The highest BCUT2D eigenvalue weighted by Crippen LogP contribution is 2.24. The van der Waals surface area contributed by atoms with E-state index >= 15 is 0 Å². The molecular formula is C23H24ClN5O2. The van der Waals surface area contributed by atoms with Gasteiger partial charge in [0, 0.05) is 22.3 Å². The van der Waals surface area contributed by atoms with Gasteiger partial charge < -0.3 is 4.74 Å². The smallest absolute Gasteiger partial charge is 0.413 e. The number of hydrogen-bond donors (Lipinski definition) is 1. The molecule has 4 rings (SSSR count). The predicted molar refractivity (Wildman–Crippen MR) is 122 cm³/mol. The Balaban J connectivity index is 1.62. The molecule has 0 atom stereocenters. The van der Waals surface area contributed by atoms with Crippen molar-refractivity contribution >= 4 is 29.0 Å². The molecule has 3 aromatic heterocycles. The fourth-order valence-electron chi connectivity index (χ4n) is 3.29. The molecule has 4 aromatic rings. The second-order valence-corrected chi connectivity index (χ2v) is 8.79. The predicted octanol–water partition coefficient (Wildman–Crippen LogP) is 5.55. The lowest BCUT2D eigenvalue weighted by atomic mass is 10.1. The maximum absolute atomic E-state index is 12.0. The summed E-state index contributed by atoms with van der Waals surface area (Å²) in [5, 5.41) is 12.6. The van der Waals surface area contributed by atoms with Gasteiger partial charge in [0.15, 0.2) is 5.82 Å². The number of nitrogens with one attached hydrogen (secondary N) is 1. The summed E-state index contributed by atoms with van der Waals surface area (Å²) in [6.45, 7) is 7.81. The van der Waals surface area contributed by atoms with Crippen molar-refractivity contribution in [3.8, 4) is 11.3 Å². The summed E-state index contributed by atoms with van der Waals surface area (Å²) in [5.41, 5.74) is 3.98. The number of rotatable bonds is 4. The quantitative estimate of drug-likeness (QED) is 0.454. The minimum atomic E-state index is -0.579. The molecule has 0 saturated carbocycles. The normalized spacial score (nSPS) is 11.6. The highest BCUT2D eigenvalue weighted by molar-refractivity contribution is 6.31. The summed E-state index contributed by atoms with van der Waals surface area (Å²) in [6.07, 6.45) is -0.540. The van der Waals surface area contributed by atoms with E-state index in [2.05, 4.69) is 10.4 Å². The minimum absolute atomic E-state index is 0.426. The highest BCUT2D eigenvalue weighted by Gasteiger charge is 2.18. The van der Waals surface area contributed by atoms with Crippen molar-refractivity contribution in [1.29, 1.82) is 0 Å². The van der Waals surface area contributed by atoms with E-state index in [1.165, 1.54) is 0 Å². The zero-order valence-corrected chi connectivity index (χ0v) is 18.6. The Morgan fingerprint density at radius 1 is 1.10 bits per heavy atom. The van der Waals surface area contributed by atoms with E-state index in [0.29, 0.717) is 17.4 Å². The number of halogens is 1. The summed E-state index contributed by atoms with van der Waals surface area (Å²) in [7, 11) is 0. The molecule has 3 heterocycles. The first-order valence-electron chi connectivity index (χ1n) is 9.96. The van der Waals surface area contributed by atoms with E-state index in [1.54, 1.807) is 10.7 Å². The van der Waals surface area contributed by atoms with Crippen molar-refractivity contribution in [1.82, 2.24) is 19.4 Å². The SMILES string of the molecule is Cc1cc(NC(=O)OC(C)(C)C)nn1Cc1cc(Cl)cc2cc(-c3ccccc3)nn12. The van der Waals surface area contributed by atoms with Gasteiger partial charge in [0.05, 0.1) is 23.4 Å². The summed E-state index contributed by atoms with van der Waals surface area (Å²) < 4.78 is 8.96. The number of amides is 1. The molecule has 0 bridgehead atoms. The molecule has 31 heavy (non-hydrogen) atoms. The zero-order valence-electron chi connectivity index (χ0n) is 17.9. The van der Waals surface area contributed by atoms with Crippen LogP contribution in [0.15, 0.2) is 54.6 Å². The molecule has 0 radical (unpaired) electrons. The van der Waals surface area contributed by atoms with Crippen molar-refractivity contribution in [2.45, 2.75) is 39.8 Å². The third-order valence-electron chi connectivity index (χ3n) is 4.59. The molecule has 0 spiro atoms. The average Bonchev–Trinajstić information content (AvgIpc) is 3.24. The van der Waals surface area contributed by atoms with E-state index in [1.807, 2.05) is 80.7 Å². The first kappa shape index (κ1) is 20.9. The molecule has 1 aromatic carbocycles. The summed E-state index contributed by atoms with van der Waals surface area (Å²) >= 11 is 6.38. The molecule has 0 fully saturated rings. The van der Waals surface area contributed by atoms with Crippen LogP contribution in [0.5, 0.6) is 0 Å². The van der Waals surface area contributed by atoms with Crippen molar-refractivity contribution in [2.24, 2.45) is 0 Å². The number of aromatic nitrogens is 4. The molecular weight excluding hydrogens is 414 g/mol. The number of ether oxygens (including phenoxy) is 1. The van der Waals surface area contributed by atoms with Crippen LogP contribution in [-0.2, 0) is 11.3 Å². The maximum Gasteiger partial charge on any atom is 0.413 e. The van der Waals surface area contributed by atoms with Gasteiger partial charge in [-0.15, -0.1) is 0 Å². The van der Waals surface area contributed by atoms with Crippen LogP contribution < -0.4 is 5.32 Å². The summed E-state index contributed by atoms with van der Waals surface area (Å²) in [4.78, 5) is 12.0. The Hall–Kier alpha value is -3.32. The van der Waals surface area contributed by atoms with Crippen molar-refractivity contribution < 1.29 is 9.53 Å². The molecule has 0 saturated heterocycles. The molecule has 0 aliphatic rings. The Bertz CT molecular complexity index is 1240. The van der Waals surface area contributed by atoms with Gasteiger partial charge in [0.1, 0.15) is 5.60 Å². The first-order chi connectivity index (χ1) is 14.7. The lowest BCUT2D eigenvalue weighted by Crippen LogP contribution is -2.27. The van der Waals surface area contributed by atoms with Gasteiger partial charge in [-0.3, -0.25) is 10.00 Å². The number of aryl methyl sites for hydroxylation is 1. The number of pyridine rings is 1. The van der Waals surface area contributed by atoms with E-state index in [0.717, 1.165) is 28.2 Å². The van der Waals surface area contributed by atoms with Crippen LogP contribution in [0.25, 0.3) is 16.8 Å². The fraction of sp³-hybridized carbons (Fsp3) is 0.261.